The second kappa shape index (κ2) is 18.4. The number of likely N-dealkylation sites (tertiary alicyclic amines) is 1. The zero-order valence-electron chi connectivity index (χ0n) is 36.7. The van der Waals surface area contributed by atoms with E-state index < -0.39 is 40.7 Å². The fourth-order valence-corrected chi connectivity index (χ4v) is 13.6. The molecule has 336 valence electrons. The number of unbranched alkanes of at least 4 members (excludes halogenated alkanes) is 5. The molecule has 15 heteroatoms. The Bertz CT molecular complexity index is 1550. The maximum atomic E-state index is 14.9. The van der Waals surface area contributed by atoms with Gasteiger partial charge in [0.2, 0.25) is 5.91 Å². The molecule has 5 aliphatic rings. The Labute approximate surface area is 353 Å². The van der Waals surface area contributed by atoms with Crippen molar-refractivity contribution in [2.75, 3.05) is 39.0 Å². The van der Waals surface area contributed by atoms with Gasteiger partial charge in [-0.15, -0.1) is 11.8 Å². The van der Waals surface area contributed by atoms with Crippen LogP contribution in [0.15, 0.2) is 0 Å². The summed E-state index contributed by atoms with van der Waals surface area (Å²) in [5.41, 5.74) is -2.24. The van der Waals surface area contributed by atoms with Gasteiger partial charge in [0.15, 0.2) is 0 Å². The summed E-state index contributed by atoms with van der Waals surface area (Å²) in [5.74, 6) is -1.42. The molecule has 1 aliphatic heterocycles. The van der Waals surface area contributed by atoms with E-state index in [1.165, 1.54) is 0 Å². The summed E-state index contributed by atoms with van der Waals surface area (Å²) in [5, 5.41) is 4.64. The van der Waals surface area contributed by atoms with E-state index >= 15 is 0 Å². The number of methoxy groups -OCH3 is 1. The van der Waals surface area contributed by atoms with Crippen LogP contribution in [-0.4, -0.2) is 103 Å². The van der Waals surface area contributed by atoms with Crippen LogP contribution in [0.2, 0.25) is 0 Å². The van der Waals surface area contributed by atoms with Crippen LogP contribution in [0.1, 0.15) is 138 Å². The van der Waals surface area contributed by atoms with Crippen molar-refractivity contribution < 1.29 is 51.4 Å². The number of alkyl carbamates (subject to hydrolysis) is 1. The molecule has 1 spiro atoms. The molecule has 1 saturated heterocycles. The largest absolute Gasteiger partial charge is 0.471 e. The maximum Gasteiger partial charge on any atom is 0.471 e. The topological polar surface area (TPSA) is 140 Å². The van der Waals surface area contributed by atoms with Gasteiger partial charge in [-0.1, -0.05) is 59.8 Å². The number of esters is 1. The minimum atomic E-state index is -4.87. The quantitative estimate of drug-likeness (QED) is 0.117. The number of amides is 3. The summed E-state index contributed by atoms with van der Waals surface area (Å²) >= 11 is 1.56. The molecule has 4 saturated carbocycles. The van der Waals surface area contributed by atoms with Crippen LogP contribution in [0, 0.1) is 39.4 Å². The Morgan fingerprint density at radius 2 is 1.54 bits per heavy atom. The lowest BCUT2D eigenvalue weighted by molar-refractivity contribution is -0.272. The highest BCUT2D eigenvalue weighted by molar-refractivity contribution is 8.00. The Balaban J connectivity index is 1.22. The van der Waals surface area contributed by atoms with Gasteiger partial charge in [-0.05, 0) is 95.8 Å². The molecule has 0 aromatic rings. The first-order valence-corrected chi connectivity index (χ1v) is 23.1. The summed E-state index contributed by atoms with van der Waals surface area (Å²) < 4.78 is 55.7. The predicted octanol–water partition coefficient (Wildman–Crippen LogP) is 8.02. The van der Waals surface area contributed by atoms with Crippen LogP contribution in [0.5, 0.6) is 0 Å². The van der Waals surface area contributed by atoms with E-state index in [0.717, 1.165) is 64.2 Å². The maximum absolute atomic E-state index is 14.9. The average Bonchev–Trinajstić information content (AvgIpc) is 3.52. The minimum Gasteiger partial charge on any atom is -0.461 e. The van der Waals surface area contributed by atoms with Gasteiger partial charge in [0.25, 0.3) is 0 Å². The molecule has 9 atom stereocenters. The molecule has 59 heavy (non-hydrogen) atoms. The van der Waals surface area contributed by atoms with Crippen LogP contribution in [0.4, 0.5) is 18.0 Å². The molecular formula is C44H70F3N3O8S. The standard InChI is InChI=1S/C44H70F3N3O8S/c1-28-23-30-24-42-19-15-32(56-8)43(30,42)41(28,7)33(25-40(6,36(53)29(42)2)18-13-11-9-10-12-14-20-48-37(54)44(45,46)47)57-35(52)27-59-31-16-21-50(22-17-31)34(51)26-49-38(55)58-39(3,4)5/h28-33H,9-27H2,1-8H3,(H,48,54)(H,49,55)/t28-,29+,30?,32-,33-,40+,41+,42-,43?/m1/s1. The fourth-order valence-electron chi connectivity index (χ4n) is 12.6. The van der Waals surface area contributed by atoms with E-state index in [2.05, 4.69) is 33.0 Å². The third-order valence-corrected chi connectivity index (χ3v) is 16.7. The van der Waals surface area contributed by atoms with Crippen molar-refractivity contribution in [3.8, 4) is 0 Å². The van der Waals surface area contributed by atoms with Gasteiger partial charge < -0.3 is 29.7 Å². The van der Waals surface area contributed by atoms with E-state index in [1.807, 2.05) is 5.32 Å². The van der Waals surface area contributed by atoms with Gasteiger partial charge in [0.05, 0.1) is 11.9 Å². The average molecular weight is 858 g/mol. The highest BCUT2D eigenvalue weighted by Crippen LogP contribution is 2.86. The summed E-state index contributed by atoms with van der Waals surface area (Å²) in [4.78, 5) is 66.6. The number of thioether (sulfide) groups is 1. The molecule has 4 aliphatic carbocycles. The smallest absolute Gasteiger partial charge is 0.461 e. The van der Waals surface area contributed by atoms with Crippen LogP contribution in [-0.2, 0) is 33.4 Å². The number of hydrogen-bond donors (Lipinski definition) is 2. The molecule has 0 aromatic carbocycles. The fraction of sp³-hybridized carbons (Fsp3) is 0.886. The minimum absolute atomic E-state index is 0.0104. The van der Waals surface area contributed by atoms with Gasteiger partial charge >= 0.3 is 24.1 Å². The number of piperidine rings is 1. The Morgan fingerprint density at radius 1 is 0.898 bits per heavy atom. The van der Waals surface area contributed by atoms with Crippen molar-refractivity contribution in [2.24, 2.45) is 39.4 Å². The molecule has 5 fully saturated rings. The number of Topliss-reactive ketones (excluding diaryl/α,β-unsaturated/α-hetero) is 1. The molecule has 3 amide bonds. The number of ketones is 1. The number of ether oxygens (including phenoxy) is 3. The number of carbonyl (C=O) groups excluding carboxylic acids is 5. The molecule has 0 bridgehead atoms. The third-order valence-electron chi connectivity index (χ3n) is 15.4. The SMILES string of the molecule is CO[C@@H]1CC[C@@]23CC4C[C@@H](C)[C@@](C)([C@H](OC(=O)CSC5CCN(C(=O)CNC(=O)OC(C)(C)C)CC5)C[C@](C)(CCCCCCCCNC(=O)C(F)(F)F)C(=O)[C@@H]2C)C413. The van der Waals surface area contributed by atoms with E-state index in [1.54, 1.807) is 44.5 Å². The second-order valence-corrected chi connectivity index (χ2v) is 21.1. The number of hydrogen-bond acceptors (Lipinski definition) is 9. The number of nitrogens with zero attached hydrogens (tertiary/aromatic N) is 1. The number of nitrogens with one attached hydrogen (secondary N) is 2. The van der Waals surface area contributed by atoms with Crippen LogP contribution in [0.3, 0.4) is 0 Å². The van der Waals surface area contributed by atoms with Crippen LogP contribution >= 0.6 is 11.8 Å². The summed E-state index contributed by atoms with van der Waals surface area (Å²) in [6, 6.07) is 0. The Morgan fingerprint density at radius 3 is 2.17 bits per heavy atom. The number of halogens is 3. The molecule has 5 rings (SSSR count). The van der Waals surface area contributed by atoms with Crippen molar-refractivity contribution in [3.63, 3.8) is 0 Å². The number of rotatable bonds is 16. The molecule has 0 radical (unpaired) electrons. The van der Waals surface area contributed by atoms with Crippen molar-refractivity contribution in [1.82, 2.24) is 15.5 Å². The molecule has 1 heterocycles. The highest BCUT2D eigenvalue weighted by atomic mass is 32.2. The zero-order valence-corrected chi connectivity index (χ0v) is 37.5. The lowest BCUT2D eigenvalue weighted by Gasteiger charge is -2.70. The molecule has 2 unspecified atom stereocenters. The van der Waals surface area contributed by atoms with Gasteiger partial charge in [-0.25, -0.2) is 4.79 Å². The van der Waals surface area contributed by atoms with Crippen molar-refractivity contribution in [3.05, 3.63) is 0 Å². The molecular weight excluding hydrogens is 788 g/mol. The second-order valence-electron chi connectivity index (χ2n) is 19.8. The van der Waals surface area contributed by atoms with E-state index in [9.17, 15) is 37.1 Å². The summed E-state index contributed by atoms with van der Waals surface area (Å²) in [6.07, 6.45) is 4.93. The van der Waals surface area contributed by atoms with Crippen molar-refractivity contribution in [2.45, 2.75) is 168 Å². The first-order chi connectivity index (χ1) is 27.6. The van der Waals surface area contributed by atoms with Gasteiger partial charge in [0, 0.05) is 54.2 Å². The van der Waals surface area contributed by atoms with Crippen molar-refractivity contribution >= 4 is 41.4 Å². The van der Waals surface area contributed by atoms with Crippen LogP contribution < -0.4 is 10.6 Å². The molecule has 0 aromatic heterocycles. The summed E-state index contributed by atoms with van der Waals surface area (Å²) in [6.45, 7) is 15.1. The van der Waals surface area contributed by atoms with Gasteiger partial charge in [-0.2, -0.15) is 13.2 Å². The first-order valence-electron chi connectivity index (χ1n) is 22.0. The highest BCUT2D eigenvalue weighted by Gasteiger charge is 2.85. The zero-order chi connectivity index (χ0) is 43.6. The first kappa shape index (κ1) is 47.5. The van der Waals surface area contributed by atoms with E-state index in [4.69, 9.17) is 14.2 Å². The Kier molecular flexibility index (Phi) is 14.8. The van der Waals surface area contributed by atoms with Crippen LogP contribution in [0.25, 0.3) is 0 Å². The number of carbonyl (C=O) groups is 5. The van der Waals surface area contributed by atoms with Crippen molar-refractivity contribution in [1.29, 1.82) is 0 Å². The monoisotopic (exact) mass is 857 g/mol. The van der Waals surface area contributed by atoms with E-state index in [-0.39, 0.29) is 70.5 Å². The third kappa shape index (κ3) is 9.45. The Hall–Kier alpha value is -2.55. The van der Waals surface area contributed by atoms with Gasteiger partial charge in [0.1, 0.15) is 24.0 Å². The lowest BCUT2D eigenvalue weighted by Crippen LogP contribution is -2.72. The summed E-state index contributed by atoms with van der Waals surface area (Å²) in [7, 11) is 1.79. The molecule has 2 N–H and O–H groups in total. The normalized spacial score (nSPS) is 34.5. The molecule has 11 nitrogen and oxygen atoms in total. The predicted molar refractivity (Wildman–Crippen MR) is 219 cm³/mol. The number of alkyl halides is 3. The lowest BCUT2D eigenvalue weighted by atomic mass is 9.33. The van der Waals surface area contributed by atoms with Gasteiger partial charge in [-0.3, -0.25) is 19.2 Å². The van der Waals surface area contributed by atoms with E-state index in [0.29, 0.717) is 44.7 Å².